The summed E-state index contributed by atoms with van der Waals surface area (Å²) in [6.07, 6.45) is 1.22. The van der Waals surface area contributed by atoms with Gasteiger partial charge in [-0.3, -0.25) is 29.8 Å². The molecule has 0 radical (unpaired) electrons. The van der Waals surface area contributed by atoms with Gasteiger partial charge in [0.1, 0.15) is 11.3 Å². The first-order valence-electron chi connectivity index (χ1n) is 11.5. The predicted molar refractivity (Wildman–Crippen MR) is 144 cm³/mol. The highest BCUT2D eigenvalue weighted by molar-refractivity contribution is 6.39. The number of nitro benzene ring substituents is 1. The van der Waals surface area contributed by atoms with E-state index < -0.39 is 28.3 Å². The molecule has 3 aromatic rings. The summed E-state index contributed by atoms with van der Waals surface area (Å²) in [7, 11) is 0. The van der Waals surface area contributed by atoms with Crippen LogP contribution >= 0.6 is 11.6 Å². The predicted octanol–water partition coefficient (Wildman–Crippen LogP) is 4.55. The first-order chi connectivity index (χ1) is 18.5. The van der Waals surface area contributed by atoms with Crippen molar-refractivity contribution < 1.29 is 28.8 Å². The Hall–Kier alpha value is -5.03. The van der Waals surface area contributed by atoms with Gasteiger partial charge in [-0.05, 0) is 60.9 Å². The molecule has 0 aromatic heterocycles. The lowest BCUT2D eigenvalue weighted by Crippen LogP contribution is -2.54. The largest absolute Gasteiger partial charge is 0.482 e. The van der Waals surface area contributed by atoms with Crippen LogP contribution in [-0.4, -0.2) is 35.3 Å². The molecular weight excluding hydrogens is 528 g/mol. The van der Waals surface area contributed by atoms with Gasteiger partial charge in [-0.2, -0.15) is 0 Å². The smallest absolute Gasteiger partial charge is 0.335 e. The number of amides is 5. The maximum Gasteiger partial charge on any atom is 0.335 e. The summed E-state index contributed by atoms with van der Waals surface area (Å²) in [5.41, 5.74) is 2.17. The van der Waals surface area contributed by atoms with E-state index in [0.717, 1.165) is 17.2 Å². The quantitative estimate of drug-likeness (QED) is 0.190. The zero-order valence-corrected chi connectivity index (χ0v) is 21.4. The van der Waals surface area contributed by atoms with Crippen molar-refractivity contribution in [2.45, 2.75) is 13.8 Å². The lowest BCUT2D eigenvalue weighted by Gasteiger charge is -2.26. The van der Waals surface area contributed by atoms with Crippen molar-refractivity contribution >= 4 is 58.5 Å². The molecule has 0 bridgehead atoms. The SMILES string of the molecule is Cc1cccc(NC(=O)COc2ccc(/C=C3/C(=O)NC(=O)N(c4cccc([N+](=O)[O-])c4)C3=O)cc2Cl)c1C. The third-order valence-corrected chi connectivity index (χ3v) is 6.20. The Kier molecular flexibility index (Phi) is 7.73. The molecule has 12 heteroatoms. The molecule has 1 heterocycles. The first-order valence-corrected chi connectivity index (χ1v) is 11.9. The standard InChI is InChI=1S/C27H21ClN4O7/c1-15-5-3-8-22(16(15)2)29-24(33)14-39-23-10-9-17(12-21(23)28)11-20-25(34)30-27(36)31(26(20)35)18-6-4-7-19(13-18)32(37)38/h3-13H,14H2,1-2H3,(H,29,33)(H,30,34,36)/b20-11-. The highest BCUT2D eigenvalue weighted by atomic mass is 35.5. The van der Waals surface area contributed by atoms with Gasteiger partial charge in [0.2, 0.25) is 0 Å². The summed E-state index contributed by atoms with van der Waals surface area (Å²) in [4.78, 5) is 61.3. The van der Waals surface area contributed by atoms with Crippen LogP contribution in [0.2, 0.25) is 5.02 Å². The highest BCUT2D eigenvalue weighted by Gasteiger charge is 2.37. The van der Waals surface area contributed by atoms with Crippen molar-refractivity contribution in [3.8, 4) is 5.75 Å². The van der Waals surface area contributed by atoms with E-state index in [1.54, 1.807) is 6.07 Å². The van der Waals surface area contributed by atoms with Crippen LogP contribution in [0.5, 0.6) is 5.75 Å². The molecule has 2 N–H and O–H groups in total. The number of aryl methyl sites for hydroxylation is 1. The second-order valence-electron chi connectivity index (χ2n) is 8.51. The Morgan fingerprint density at radius 2 is 1.85 bits per heavy atom. The summed E-state index contributed by atoms with van der Waals surface area (Å²) >= 11 is 6.30. The number of imide groups is 2. The average Bonchev–Trinajstić information content (AvgIpc) is 2.89. The van der Waals surface area contributed by atoms with Gasteiger partial charge in [0.15, 0.2) is 6.61 Å². The molecule has 1 aliphatic heterocycles. The maximum atomic E-state index is 13.1. The van der Waals surface area contributed by atoms with Gasteiger partial charge in [0, 0.05) is 17.8 Å². The first kappa shape index (κ1) is 27.0. The molecule has 4 rings (SSSR count). The number of carbonyl (C=O) groups excluding carboxylic acids is 4. The molecule has 0 unspecified atom stereocenters. The number of barbiturate groups is 1. The number of anilines is 2. The molecule has 1 aliphatic rings. The number of ether oxygens (including phenoxy) is 1. The summed E-state index contributed by atoms with van der Waals surface area (Å²) in [5.74, 6) is -2.10. The normalized spacial score (nSPS) is 14.3. The Labute approximate surface area is 227 Å². The van der Waals surface area contributed by atoms with Gasteiger partial charge >= 0.3 is 6.03 Å². The topological polar surface area (TPSA) is 148 Å². The van der Waals surface area contributed by atoms with Crippen molar-refractivity contribution in [3.05, 3.63) is 98.1 Å². The molecule has 0 spiro atoms. The van der Waals surface area contributed by atoms with E-state index in [9.17, 15) is 29.3 Å². The van der Waals surface area contributed by atoms with Crippen LogP contribution in [0.1, 0.15) is 16.7 Å². The lowest BCUT2D eigenvalue weighted by atomic mass is 10.1. The van der Waals surface area contributed by atoms with Crippen LogP contribution in [-0.2, 0) is 14.4 Å². The van der Waals surface area contributed by atoms with Crippen molar-refractivity contribution in [2.24, 2.45) is 0 Å². The molecule has 11 nitrogen and oxygen atoms in total. The Morgan fingerprint density at radius 3 is 2.56 bits per heavy atom. The van der Waals surface area contributed by atoms with Gasteiger partial charge in [0.05, 0.1) is 15.6 Å². The molecule has 0 saturated carbocycles. The molecule has 39 heavy (non-hydrogen) atoms. The van der Waals surface area contributed by atoms with Crippen LogP contribution in [0.25, 0.3) is 6.08 Å². The lowest BCUT2D eigenvalue weighted by molar-refractivity contribution is -0.384. The number of nitro groups is 1. The van der Waals surface area contributed by atoms with E-state index in [-0.39, 0.29) is 34.7 Å². The number of nitrogens with zero attached hydrogens (tertiary/aromatic N) is 2. The van der Waals surface area contributed by atoms with Crippen LogP contribution in [0.4, 0.5) is 21.9 Å². The number of hydrogen-bond acceptors (Lipinski definition) is 7. The van der Waals surface area contributed by atoms with Crippen LogP contribution in [0, 0.1) is 24.0 Å². The molecule has 0 aliphatic carbocycles. The van der Waals surface area contributed by atoms with E-state index >= 15 is 0 Å². The van der Waals surface area contributed by atoms with Gasteiger partial charge in [-0.25, -0.2) is 9.69 Å². The summed E-state index contributed by atoms with van der Waals surface area (Å²) in [5, 5.41) is 16.0. The molecule has 3 aromatic carbocycles. The minimum Gasteiger partial charge on any atom is -0.482 e. The number of nitrogens with one attached hydrogen (secondary N) is 2. The molecule has 198 valence electrons. The van der Waals surface area contributed by atoms with Crippen LogP contribution in [0.3, 0.4) is 0 Å². The summed E-state index contributed by atoms with van der Waals surface area (Å²) < 4.78 is 5.53. The van der Waals surface area contributed by atoms with Gasteiger partial charge in [0.25, 0.3) is 23.4 Å². The minimum absolute atomic E-state index is 0.0778. The third-order valence-electron chi connectivity index (χ3n) is 5.90. The molecule has 0 atom stereocenters. The number of non-ortho nitro benzene ring substituents is 1. The number of halogens is 1. The van der Waals surface area contributed by atoms with Crippen molar-refractivity contribution in [1.82, 2.24) is 5.32 Å². The number of benzene rings is 3. The fourth-order valence-corrected chi connectivity index (χ4v) is 3.99. The zero-order chi connectivity index (χ0) is 28.3. The molecule has 5 amide bonds. The monoisotopic (exact) mass is 548 g/mol. The van der Waals surface area contributed by atoms with Gasteiger partial charge in [-0.15, -0.1) is 0 Å². The van der Waals surface area contributed by atoms with Crippen LogP contribution in [0.15, 0.2) is 66.2 Å². The fourth-order valence-electron chi connectivity index (χ4n) is 3.74. The van der Waals surface area contributed by atoms with E-state index in [1.165, 1.54) is 42.5 Å². The van der Waals surface area contributed by atoms with E-state index in [2.05, 4.69) is 10.6 Å². The summed E-state index contributed by atoms with van der Waals surface area (Å²) in [6.45, 7) is 3.52. The van der Waals surface area contributed by atoms with Crippen molar-refractivity contribution in [2.75, 3.05) is 16.8 Å². The van der Waals surface area contributed by atoms with Crippen LogP contribution < -0.4 is 20.3 Å². The minimum atomic E-state index is -1.04. The average molecular weight is 549 g/mol. The van der Waals surface area contributed by atoms with Crippen molar-refractivity contribution in [3.63, 3.8) is 0 Å². The van der Waals surface area contributed by atoms with E-state index in [1.807, 2.05) is 26.0 Å². The number of carbonyl (C=O) groups is 4. The molecule has 1 fully saturated rings. The maximum absolute atomic E-state index is 13.1. The van der Waals surface area contributed by atoms with E-state index in [4.69, 9.17) is 16.3 Å². The second kappa shape index (κ2) is 11.2. The number of rotatable bonds is 7. The van der Waals surface area contributed by atoms with Gasteiger partial charge < -0.3 is 10.1 Å². The Balaban J connectivity index is 1.50. The molecule has 1 saturated heterocycles. The number of urea groups is 1. The molecular formula is C27H21ClN4O7. The zero-order valence-electron chi connectivity index (χ0n) is 20.7. The number of hydrogen-bond donors (Lipinski definition) is 2. The van der Waals surface area contributed by atoms with Gasteiger partial charge in [-0.1, -0.05) is 35.9 Å². The fraction of sp³-hybridized carbons (Fsp3) is 0.111. The summed E-state index contributed by atoms with van der Waals surface area (Å²) in [6, 6.07) is 13.8. The third kappa shape index (κ3) is 5.94. The van der Waals surface area contributed by atoms with Crippen molar-refractivity contribution in [1.29, 1.82) is 0 Å². The second-order valence-corrected chi connectivity index (χ2v) is 8.92. The Morgan fingerprint density at radius 1 is 1.10 bits per heavy atom. The highest BCUT2D eigenvalue weighted by Crippen LogP contribution is 2.29. The Bertz CT molecular complexity index is 1570. The van der Waals surface area contributed by atoms with E-state index in [0.29, 0.717) is 16.2 Å².